The highest BCUT2D eigenvalue weighted by Crippen LogP contribution is 2.08. The molecule has 0 spiro atoms. The van der Waals surface area contributed by atoms with E-state index >= 15 is 0 Å². The molecule has 2 rings (SSSR count). The van der Waals surface area contributed by atoms with Crippen molar-refractivity contribution in [1.82, 2.24) is 9.97 Å². The first-order chi connectivity index (χ1) is 9.85. The van der Waals surface area contributed by atoms with E-state index in [4.69, 9.17) is 21.8 Å². The first kappa shape index (κ1) is 15.9. The zero-order chi connectivity index (χ0) is 16.0. The van der Waals surface area contributed by atoms with Crippen molar-refractivity contribution in [3.8, 4) is 6.07 Å². The molecule has 0 radical (unpaired) electrons. The van der Waals surface area contributed by atoms with Crippen LogP contribution in [0.4, 0.5) is 11.6 Å². The first-order valence-corrected chi connectivity index (χ1v) is 5.94. The maximum absolute atomic E-state index is 10.4. The Morgan fingerprint density at radius 3 is 2.05 bits per heavy atom. The third kappa shape index (κ3) is 4.47. The molecule has 2 aromatic rings. The van der Waals surface area contributed by atoms with E-state index in [9.17, 15) is 4.79 Å². The lowest BCUT2D eigenvalue weighted by atomic mass is 10.2. The monoisotopic (exact) mass is 285 g/mol. The molecule has 108 valence electrons. The van der Waals surface area contributed by atoms with E-state index in [1.54, 1.807) is 25.1 Å². The van der Waals surface area contributed by atoms with Crippen LogP contribution in [-0.4, -0.2) is 21.0 Å². The van der Waals surface area contributed by atoms with Gasteiger partial charge >= 0.3 is 5.97 Å². The second kappa shape index (κ2) is 6.86. The minimum Gasteiger partial charge on any atom is -0.478 e. The lowest BCUT2D eigenvalue weighted by molar-refractivity contribution is 0.0697. The summed E-state index contributed by atoms with van der Waals surface area (Å²) in [6.45, 7) is 3.58. The largest absolute Gasteiger partial charge is 0.478 e. The molecule has 7 nitrogen and oxygen atoms in total. The molecular formula is C14H15N5O2. The Morgan fingerprint density at radius 1 is 1.10 bits per heavy atom. The van der Waals surface area contributed by atoms with E-state index in [0.717, 1.165) is 5.69 Å². The highest BCUT2D eigenvalue weighted by atomic mass is 16.4. The molecule has 21 heavy (non-hydrogen) atoms. The molecule has 0 unspecified atom stereocenters. The number of carboxylic acids is 1. The van der Waals surface area contributed by atoms with Gasteiger partial charge in [0.15, 0.2) is 0 Å². The van der Waals surface area contributed by atoms with Gasteiger partial charge in [-0.15, -0.1) is 0 Å². The average Bonchev–Trinajstić information content (AvgIpc) is 2.39. The third-order valence-corrected chi connectivity index (χ3v) is 2.48. The lowest BCUT2D eigenvalue weighted by Gasteiger charge is -1.98. The molecule has 0 bridgehead atoms. The van der Waals surface area contributed by atoms with Crippen LogP contribution in [-0.2, 0) is 0 Å². The van der Waals surface area contributed by atoms with Crippen molar-refractivity contribution in [3.05, 3.63) is 46.8 Å². The summed E-state index contributed by atoms with van der Waals surface area (Å²) in [5.74, 6) is -0.671. The maximum atomic E-state index is 10.4. The number of carbonyl (C=O) groups is 1. The van der Waals surface area contributed by atoms with Gasteiger partial charge in [-0.1, -0.05) is 0 Å². The number of hydrogen-bond acceptors (Lipinski definition) is 6. The molecule has 0 amide bonds. The van der Waals surface area contributed by atoms with Crippen molar-refractivity contribution in [1.29, 1.82) is 5.26 Å². The summed E-state index contributed by atoms with van der Waals surface area (Å²) in [6.07, 6.45) is 0. The van der Waals surface area contributed by atoms with Gasteiger partial charge in [0.1, 0.15) is 23.3 Å². The Labute approximate surface area is 121 Å². The van der Waals surface area contributed by atoms with Crippen molar-refractivity contribution in [2.75, 3.05) is 11.5 Å². The molecule has 0 aliphatic heterocycles. The van der Waals surface area contributed by atoms with Crippen LogP contribution in [0.3, 0.4) is 0 Å². The Kier molecular flexibility index (Phi) is 5.20. The van der Waals surface area contributed by atoms with Crippen molar-refractivity contribution < 1.29 is 9.90 Å². The number of nitrogens with zero attached hydrogens (tertiary/aromatic N) is 3. The van der Waals surface area contributed by atoms with E-state index in [0.29, 0.717) is 17.1 Å². The fraction of sp³-hybridized carbons (Fsp3) is 0.143. The van der Waals surface area contributed by atoms with Gasteiger partial charge in [-0.25, -0.2) is 14.8 Å². The van der Waals surface area contributed by atoms with Crippen LogP contribution in [0.15, 0.2) is 24.3 Å². The van der Waals surface area contributed by atoms with Crippen LogP contribution in [0.2, 0.25) is 0 Å². The van der Waals surface area contributed by atoms with Gasteiger partial charge in [0.25, 0.3) is 0 Å². The number of aromatic carboxylic acids is 1. The van der Waals surface area contributed by atoms with E-state index < -0.39 is 5.97 Å². The summed E-state index contributed by atoms with van der Waals surface area (Å²) in [4.78, 5) is 18.1. The van der Waals surface area contributed by atoms with Gasteiger partial charge in [-0.2, -0.15) is 5.26 Å². The van der Waals surface area contributed by atoms with Gasteiger partial charge in [0.2, 0.25) is 0 Å². The molecule has 0 atom stereocenters. The van der Waals surface area contributed by atoms with Crippen molar-refractivity contribution in [3.63, 3.8) is 0 Å². The number of anilines is 2. The second-order valence-electron chi connectivity index (χ2n) is 4.19. The van der Waals surface area contributed by atoms with Gasteiger partial charge in [-0.05, 0) is 38.1 Å². The summed E-state index contributed by atoms with van der Waals surface area (Å²) >= 11 is 0. The van der Waals surface area contributed by atoms with Crippen molar-refractivity contribution in [2.45, 2.75) is 13.8 Å². The van der Waals surface area contributed by atoms with Crippen LogP contribution in [0.1, 0.15) is 27.3 Å². The maximum Gasteiger partial charge on any atom is 0.339 e. The number of nitrogen functional groups attached to an aromatic ring is 2. The topological polar surface area (TPSA) is 139 Å². The van der Waals surface area contributed by atoms with Crippen LogP contribution < -0.4 is 11.5 Å². The van der Waals surface area contributed by atoms with Crippen molar-refractivity contribution >= 4 is 17.6 Å². The lowest BCUT2D eigenvalue weighted by Crippen LogP contribution is -2.04. The zero-order valence-corrected chi connectivity index (χ0v) is 11.7. The van der Waals surface area contributed by atoms with Gasteiger partial charge in [0.05, 0.1) is 5.56 Å². The first-order valence-electron chi connectivity index (χ1n) is 5.94. The summed E-state index contributed by atoms with van der Waals surface area (Å²) in [7, 11) is 0. The Morgan fingerprint density at radius 2 is 1.62 bits per heavy atom. The molecule has 0 saturated carbocycles. The number of nitriles is 1. The standard InChI is InChI=1S/C7H7N3.C7H8N2O2/c1-5-2-3-6(4-8)7(9)10-5;1-4-2-3-5(7(10)11)6(8)9-4/h2-3H,1H3,(H2,9,10);2-3H,1H3,(H2,8,9)(H,10,11). The molecule has 5 N–H and O–H groups in total. The normalized spacial score (nSPS) is 9.19. The summed E-state index contributed by atoms with van der Waals surface area (Å²) in [5.41, 5.74) is 12.8. The fourth-order valence-electron chi connectivity index (χ4n) is 1.43. The van der Waals surface area contributed by atoms with Crippen molar-refractivity contribution in [2.24, 2.45) is 0 Å². The molecule has 0 fully saturated rings. The van der Waals surface area contributed by atoms with Crippen LogP contribution in [0.25, 0.3) is 0 Å². The quantitative estimate of drug-likeness (QED) is 0.721. The number of aryl methyl sites for hydroxylation is 2. The molecule has 7 heteroatoms. The highest BCUT2D eigenvalue weighted by Gasteiger charge is 2.07. The summed E-state index contributed by atoms with van der Waals surface area (Å²) < 4.78 is 0. The van der Waals surface area contributed by atoms with Gasteiger partial charge < -0.3 is 16.6 Å². The third-order valence-electron chi connectivity index (χ3n) is 2.48. The van der Waals surface area contributed by atoms with Gasteiger partial charge in [0, 0.05) is 11.4 Å². The minimum atomic E-state index is -1.05. The molecule has 0 aliphatic rings. The highest BCUT2D eigenvalue weighted by molar-refractivity contribution is 5.92. The number of pyridine rings is 2. The SMILES string of the molecule is Cc1ccc(C#N)c(N)n1.Cc1ccc(C(=O)O)c(N)n1. The molecule has 0 saturated heterocycles. The number of rotatable bonds is 1. The van der Waals surface area contributed by atoms with E-state index in [2.05, 4.69) is 9.97 Å². The predicted molar refractivity (Wildman–Crippen MR) is 78.4 cm³/mol. The van der Waals surface area contributed by atoms with E-state index in [1.807, 2.05) is 13.0 Å². The summed E-state index contributed by atoms with van der Waals surface area (Å²) in [6, 6.07) is 8.41. The van der Waals surface area contributed by atoms with Crippen LogP contribution in [0, 0.1) is 25.2 Å². The molecule has 2 aromatic heterocycles. The minimum absolute atomic E-state index is 0.0515. The zero-order valence-electron chi connectivity index (χ0n) is 11.7. The number of aromatic nitrogens is 2. The number of carboxylic acid groups (broad SMARTS) is 1. The van der Waals surface area contributed by atoms with Gasteiger partial charge in [-0.3, -0.25) is 0 Å². The molecular weight excluding hydrogens is 270 g/mol. The second-order valence-corrected chi connectivity index (χ2v) is 4.19. The summed E-state index contributed by atoms with van der Waals surface area (Å²) in [5, 5.41) is 17.0. The van der Waals surface area contributed by atoms with Crippen LogP contribution >= 0.6 is 0 Å². The Balaban J connectivity index is 0.000000211. The smallest absolute Gasteiger partial charge is 0.339 e. The van der Waals surface area contributed by atoms with Crippen LogP contribution in [0.5, 0.6) is 0 Å². The van der Waals surface area contributed by atoms with E-state index in [-0.39, 0.29) is 11.4 Å². The molecule has 2 heterocycles. The molecule has 0 aliphatic carbocycles. The number of hydrogen-bond donors (Lipinski definition) is 3. The predicted octanol–water partition coefficient (Wildman–Crippen LogP) is 1.51. The molecule has 0 aromatic carbocycles. The van der Waals surface area contributed by atoms with E-state index in [1.165, 1.54) is 6.07 Å². The average molecular weight is 285 g/mol. The Bertz CT molecular complexity index is 707. The number of nitrogens with two attached hydrogens (primary N) is 2. The fourth-order valence-corrected chi connectivity index (χ4v) is 1.43. The Hall–Kier alpha value is -3.14.